The van der Waals surface area contributed by atoms with Crippen LogP contribution in [0.1, 0.15) is 61.6 Å². The number of benzene rings is 1. The number of hydrogen-bond acceptors (Lipinski definition) is 8. The highest BCUT2D eigenvalue weighted by atomic mass is 19.1. The molecule has 3 fully saturated rings. The Morgan fingerprint density at radius 3 is 2.59 bits per heavy atom. The van der Waals surface area contributed by atoms with Gasteiger partial charge in [-0.15, -0.1) is 0 Å². The average molecular weight is 513 g/mol. The predicted octanol–water partition coefficient (Wildman–Crippen LogP) is 4.43. The molecule has 9 heteroatoms. The van der Waals surface area contributed by atoms with Crippen molar-refractivity contribution in [2.75, 3.05) is 7.11 Å². The van der Waals surface area contributed by atoms with Gasteiger partial charge in [-0.25, -0.2) is 9.18 Å². The van der Waals surface area contributed by atoms with Crippen LogP contribution >= 0.6 is 0 Å². The highest BCUT2D eigenvalue weighted by Gasteiger charge is 2.67. The number of esters is 3. The molecule has 2 aromatic rings. The topological polar surface area (TPSA) is 109 Å². The smallest absolute Gasteiger partial charge is 0.338 e. The van der Waals surface area contributed by atoms with Gasteiger partial charge < -0.3 is 18.6 Å². The van der Waals surface area contributed by atoms with E-state index in [0.717, 1.165) is 6.07 Å². The summed E-state index contributed by atoms with van der Waals surface area (Å²) >= 11 is 0. The Morgan fingerprint density at radius 2 is 1.92 bits per heavy atom. The molecule has 7 atom stereocenters. The summed E-state index contributed by atoms with van der Waals surface area (Å²) < 4.78 is 35.4. The zero-order chi connectivity index (χ0) is 26.5. The minimum absolute atomic E-state index is 0.0373. The van der Waals surface area contributed by atoms with Crippen LogP contribution in [0.25, 0.3) is 0 Å². The van der Waals surface area contributed by atoms with Crippen molar-refractivity contribution in [3.63, 3.8) is 0 Å². The third kappa shape index (κ3) is 4.04. The minimum Gasteiger partial charge on any atom is -0.472 e. The van der Waals surface area contributed by atoms with Crippen molar-refractivity contribution in [3.05, 3.63) is 59.8 Å². The third-order valence-corrected chi connectivity index (χ3v) is 8.81. The predicted molar refractivity (Wildman–Crippen MR) is 125 cm³/mol. The Kier molecular flexibility index (Phi) is 6.20. The van der Waals surface area contributed by atoms with E-state index >= 15 is 0 Å². The number of fused-ring (bicyclic) bond motifs is 3. The lowest BCUT2D eigenvalue weighted by Crippen LogP contribution is -2.64. The van der Waals surface area contributed by atoms with E-state index in [0.29, 0.717) is 24.8 Å². The number of carbonyl (C=O) groups excluding carboxylic acids is 4. The molecular weight excluding hydrogens is 483 g/mol. The summed E-state index contributed by atoms with van der Waals surface area (Å²) in [5, 5.41) is 0. The minimum atomic E-state index is -1.25. The molecule has 196 valence electrons. The molecule has 2 saturated carbocycles. The zero-order valence-electron chi connectivity index (χ0n) is 20.9. The van der Waals surface area contributed by atoms with Crippen molar-refractivity contribution in [2.24, 2.45) is 28.6 Å². The van der Waals surface area contributed by atoms with Gasteiger partial charge in [0.05, 0.1) is 37.0 Å². The van der Waals surface area contributed by atoms with Crippen LogP contribution in [0, 0.1) is 34.4 Å². The van der Waals surface area contributed by atoms with Gasteiger partial charge in [-0.05, 0) is 54.4 Å². The van der Waals surface area contributed by atoms with Crippen LogP contribution < -0.4 is 0 Å². The Balaban J connectivity index is 1.54. The van der Waals surface area contributed by atoms with Crippen molar-refractivity contribution in [1.82, 2.24) is 0 Å². The molecule has 1 aliphatic heterocycles. The molecule has 0 radical (unpaired) electrons. The van der Waals surface area contributed by atoms with Gasteiger partial charge in [0.1, 0.15) is 11.9 Å². The number of rotatable bonds is 4. The van der Waals surface area contributed by atoms with Crippen molar-refractivity contribution in [3.8, 4) is 0 Å². The molecule has 1 unspecified atom stereocenters. The molecule has 0 N–H and O–H groups in total. The molecule has 1 saturated heterocycles. The lowest BCUT2D eigenvalue weighted by Gasteiger charge is -2.61. The molecule has 0 bridgehead atoms. The highest BCUT2D eigenvalue weighted by molar-refractivity contribution is 5.96. The molecule has 8 nitrogen and oxygen atoms in total. The first kappa shape index (κ1) is 25.2. The van der Waals surface area contributed by atoms with Crippen molar-refractivity contribution in [1.29, 1.82) is 0 Å². The van der Waals surface area contributed by atoms with Crippen LogP contribution in [-0.4, -0.2) is 36.9 Å². The number of hydrogen-bond donors (Lipinski definition) is 0. The van der Waals surface area contributed by atoms with E-state index in [1.807, 2.05) is 13.8 Å². The van der Waals surface area contributed by atoms with Crippen molar-refractivity contribution in [2.45, 2.75) is 51.7 Å². The van der Waals surface area contributed by atoms with Gasteiger partial charge >= 0.3 is 17.9 Å². The molecular formula is C28H29FO8. The lowest BCUT2D eigenvalue weighted by atomic mass is 9.43. The summed E-state index contributed by atoms with van der Waals surface area (Å²) in [5.41, 5.74) is -1.06. The van der Waals surface area contributed by atoms with Gasteiger partial charge in [-0.3, -0.25) is 14.4 Å². The molecule has 2 heterocycles. The van der Waals surface area contributed by atoms with Crippen LogP contribution in [-0.2, 0) is 28.6 Å². The fourth-order valence-corrected chi connectivity index (χ4v) is 7.08. The Morgan fingerprint density at radius 1 is 1.14 bits per heavy atom. The van der Waals surface area contributed by atoms with Gasteiger partial charge in [0.25, 0.3) is 0 Å². The SMILES string of the molecule is COC(=O)[C@@H]1CC(OC(=O)c2cccc(F)c2)C(=O)[C@H]2[C@@]1(C)CC[C@H]1C(=O)O[C@H](c3ccoc3)C[C@]21C. The molecule has 0 amide bonds. The molecule has 1 aromatic carbocycles. The number of furan rings is 1. The summed E-state index contributed by atoms with van der Waals surface area (Å²) in [6.07, 6.45) is 2.31. The number of cyclic esters (lactones) is 1. The maximum Gasteiger partial charge on any atom is 0.338 e. The summed E-state index contributed by atoms with van der Waals surface area (Å²) in [6, 6.07) is 6.71. The standard InChI is InChI=1S/C28H29FO8/c1-27-9-7-18-26(33)37-21(16-8-10-35-14-16)13-28(18,2)23(27)22(30)20(12-19(27)25(32)34-3)36-24(31)15-5-4-6-17(29)11-15/h4-6,8,10-11,14,18-21,23H,7,9,12-13H2,1-3H3/t18-,19-,20?,21-,23-,27-,28-/m0/s1. The Hall–Kier alpha value is -3.49. The maximum atomic E-state index is 14.1. The van der Waals surface area contributed by atoms with E-state index in [-0.39, 0.29) is 17.8 Å². The zero-order valence-corrected chi connectivity index (χ0v) is 20.9. The molecule has 1 aromatic heterocycles. The number of ether oxygens (including phenoxy) is 3. The summed E-state index contributed by atoms with van der Waals surface area (Å²) in [7, 11) is 1.28. The third-order valence-electron chi connectivity index (χ3n) is 8.81. The van der Waals surface area contributed by atoms with E-state index in [4.69, 9.17) is 18.6 Å². The quantitative estimate of drug-likeness (QED) is 0.437. The van der Waals surface area contributed by atoms with E-state index in [1.165, 1.54) is 37.8 Å². The highest BCUT2D eigenvalue weighted by Crippen LogP contribution is 2.65. The van der Waals surface area contributed by atoms with Gasteiger partial charge in [-0.1, -0.05) is 19.9 Å². The van der Waals surface area contributed by atoms with Gasteiger partial charge in [-0.2, -0.15) is 0 Å². The van der Waals surface area contributed by atoms with E-state index < -0.39 is 64.5 Å². The summed E-state index contributed by atoms with van der Waals surface area (Å²) in [4.78, 5) is 53.2. The van der Waals surface area contributed by atoms with Crippen molar-refractivity contribution >= 4 is 23.7 Å². The fourth-order valence-electron chi connectivity index (χ4n) is 7.08. The molecule has 3 aliphatic rings. The average Bonchev–Trinajstić information content (AvgIpc) is 3.39. The molecule has 5 rings (SSSR count). The molecule has 37 heavy (non-hydrogen) atoms. The van der Waals surface area contributed by atoms with Crippen LogP contribution in [0.15, 0.2) is 47.3 Å². The van der Waals surface area contributed by atoms with Crippen LogP contribution in [0.5, 0.6) is 0 Å². The van der Waals surface area contributed by atoms with Gasteiger partial charge in [0.2, 0.25) is 0 Å². The molecule has 0 spiro atoms. The van der Waals surface area contributed by atoms with Crippen LogP contribution in [0.2, 0.25) is 0 Å². The fraction of sp³-hybridized carbons (Fsp3) is 0.500. The van der Waals surface area contributed by atoms with Crippen LogP contribution in [0.3, 0.4) is 0 Å². The lowest BCUT2D eigenvalue weighted by molar-refractivity contribution is -0.208. The second-order valence-electron chi connectivity index (χ2n) is 10.8. The number of ketones is 1. The second-order valence-corrected chi connectivity index (χ2v) is 10.8. The number of halogens is 1. The largest absolute Gasteiger partial charge is 0.472 e. The Labute approximate surface area is 213 Å². The number of methoxy groups -OCH3 is 1. The maximum absolute atomic E-state index is 14.1. The number of carbonyl (C=O) groups is 4. The van der Waals surface area contributed by atoms with Gasteiger partial charge in [0, 0.05) is 17.9 Å². The van der Waals surface area contributed by atoms with Crippen LogP contribution in [0.4, 0.5) is 4.39 Å². The van der Waals surface area contributed by atoms with E-state index in [9.17, 15) is 23.6 Å². The monoisotopic (exact) mass is 512 g/mol. The normalized spacial score (nSPS) is 35.1. The first-order valence-corrected chi connectivity index (χ1v) is 12.4. The molecule has 2 aliphatic carbocycles. The first-order valence-electron chi connectivity index (χ1n) is 12.4. The van der Waals surface area contributed by atoms with E-state index in [2.05, 4.69) is 0 Å². The van der Waals surface area contributed by atoms with Gasteiger partial charge in [0.15, 0.2) is 11.9 Å². The second kappa shape index (κ2) is 9.11. The van der Waals surface area contributed by atoms with E-state index in [1.54, 1.807) is 6.07 Å². The summed E-state index contributed by atoms with van der Waals surface area (Å²) in [6.45, 7) is 3.77. The Bertz CT molecular complexity index is 1240. The van der Waals surface area contributed by atoms with Crippen molar-refractivity contribution < 1.29 is 42.2 Å². The number of Topliss-reactive ketones (excluding diaryl/α,β-unsaturated/α-hetero) is 1. The first-order chi connectivity index (χ1) is 17.6. The summed E-state index contributed by atoms with van der Waals surface area (Å²) in [5.74, 6) is -4.81.